The number of anilines is 1. The van der Waals surface area contributed by atoms with Crippen molar-refractivity contribution in [2.45, 2.75) is 59.7 Å². The van der Waals surface area contributed by atoms with Gasteiger partial charge in [0.2, 0.25) is 21.8 Å². The highest BCUT2D eigenvalue weighted by Gasteiger charge is 2.31. The molecular formula is C26H37N3O5S. The van der Waals surface area contributed by atoms with E-state index in [0.717, 1.165) is 33.7 Å². The van der Waals surface area contributed by atoms with Crippen molar-refractivity contribution in [2.75, 3.05) is 24.2 Å². The average Bonchev–Trinajstić information content (AvgIpc) is 2.81. The number of carbonyl (C=O) groups excluding carboxylic acids is 2. The number of nitrogens with zero attached hydrogens (tertiary/aromatic N) is 2. The van der Waals surface area contributed by atoms with Crippen molar-refractivity contribution >= 4 is 27.5 Å². The lowest BCUT2D eigenvalue weighted by Gasteiger charge is -2.32. The van der Waals surface area contributed by atoms with Gasteiger partial charge in [-0.05, 0) is 69.0 Å². The number of sulfonamides is 1. The van der Waals surface area contributed by atoms with Crippen molar-refractivity contribution in [3.05, 3.63) is 59.2 Å². The van der Waals surface area contributed by atoms with Gasteiger partial charge in [-0.25, -0.2) is 8.42 Å². The molecule has 35 heavy (non-hydrogen) atoms. The molecular weight excluding hydrogens is 466 g/mol. The van der Waals surface area contributed by atoms with Crippen molar-refractivity contribution in [1.82, 2.24) is 10.2 Å². The molecule has 0 aromatic heterocycles. The zero-order valence-electron chi connectivity index (χ0n) is 21.7. The fraction of sp³-hybridized carbons (Fsp3) is 0.462. The lowest BCUT2D eigenvalue weighted by Crippen LogP contribution is -2.52. The van der Waals surface area contributed by atoms with E-state index in [-0.39, 0.29) is 18.5 Å². The van der Waals surface area contributed by atoms with Crippen molar-refractivity contribution < 1.29 is 22.7 Å². The standard InChI is InChI=1S/C26H37N3O5S/c1-8-20(4)27-26(31)21(5)28(16-22-11-13-23(34-6)14-12-22)25(30)17-29(35(7,32)33)24-15-18(2)9-10-19(24)3/h9-15,20-21H,8,16-17H2,1-7H3,(H,27,31)/t20-,21+/m1/s1. The van der Waals surface area contributed by atoms with Crippen molar-refractivity contribution in [2.24, 2.45) is 0 Å². The number of amides is 2. The highest BCUT2D eigenvalue weighted by molar-refractivity contribution is 7.92. The molecule has 0 fully saturated rings. The molecule has 2 rings (SSSR count). The van der Waals surface area contributed by atoms with Crippen LogP contribution in [-0.2, 0) is 26.2 Å². The Balaban J connectivity index is 2.42. The second-order valence-electron chi connectivity index (χ2n) is 8.92. The molecule has 0 radical (unpaired) electrons. The van der Waals surface area contributed by atoms with Crippen LogP contribution in [0.5, 0.6) is 5.75 Å². The zero-order valence-corrected chi connectivity index (χ0v) is 22.5. The fourth-order valence-corrected chi connectivity index (χ4v) is 4.46. The largest absolute Gasteiger partial charge is 0.497 e. The third-order valence-corrected chi connectivity index (χ3v) is 7.12. The van der Waals surface area contributed by atoms with E-state index in [4.69, 9.17) is 4.74 Å². The molecule has 0 unspecified atom stereocenters. The van der Waals surface area contributed by atoms with Crippen LogP contribution in [0.25, 0.3) is 0 Å². The Bertz CT molecular complexity index is 1130. The van der Waals surface area contributed by atoms with Gasteiger partial charge in [-0.15, -0.1) is 0 Å². The zero-order chi connectivity index (χ0) is 26.3. The number of benzene rings is 2. The predicted octanol–water partition coefficient (Wildman–Crippen LogP) is 3.41. The number of hydrogen-bond donors (Lipinski definition) is 1. The first kappa shape index (κ1) is 28.2. The van der Waals surface area contributed by atoms with E-state index in [9.17, 15) is 18.0 Å². The van der Waals surface area contributed by atoms with Crippen LogP contribution in [0, 0.1) is 13.8 Å². The van der Waals surface area contributed by atoms with E-state index in [1.54, 1.807) is 39.2 Å². The molecule has 2 aromatic rings. The third-order valence-electron chi connectivity index (χ3n) is 5.99. The van der Waals surface area contributed by atoms with Crippen molar-refractivity contribution in [1.29, 1.82) is 0 Å². The number of nitrogens with one attached hydrogen (secondary N) is 1. The van der Waals surface area contributed by atoms with Gasteiger partial charge in [0.15, 0.2) is 0 Å². The summed E-state index contributed by atoms with van der Waals surface area (Å²) in [6.45, 7) is 8.90. The van der Waals surface area contributed by atoms with Crippen LogP contribution in [0.2, 0.25) is 0 Å². The molecule has 2 amide bonds. The molecule has 0 aliphatic carbocycles. The van der Waals surface area contributed by atoms with Gasteiger partial charge in [0, 0.05) is 12.6 Å². The van der Waals surface area contributed by atoms with Crippen LogP contribution in [-0.4, -0.2) is 57.1 Å². The Morgan fingerprint density at radius 1 is 1.06 bits per heavy atom. The van der Waals surface area contributed by atoms with Crippen LogP contribution in [0.1, 0.15) is 43.9 Å². The molecule has 8 nitrogen and oxygen atoms in total. The number of carbonyl (C=O) groups is 2. The molecule has 9 heteroatoms. The molecule has 2 aromatic carbocycles. The van der Waals surface area contributed by atoms with E-state index in [1.807, 2.05) is 45.0 Å². The normalized spacial score (nSPS) is 13.0. The van der Waals surface area contributed by atoms with E-state index >= 15 is 0 Å². The van der Waals surface area contributed by atoms with Crippen LogP contribution in [0.4, 0.5) is 5.69 Å². The maximum atomic E-state index is 13.6. The third kappa shape index (κ3) is 7.71. The number of methoxy groups -OCH3 is 1. The molecule has 0 aliphatic heterocycles. The van der Waals surface area contributed by atoms with Gasteiger partial charge in [0.25, 0.3) is 0 Å². The molecule has 192 valence electrons. The first-order chi connectivity index (χ1) is 16.4. The number of ether oxygens (including phenoxy) is 1. The van der Waals surface area contributed by atoms with Gasteiger partial charge in [-0.3, -0.25) is 13.9 Å². The highest BCUT2D eigenvalue weighted by atomic mass is 32.2. The molecule has 0 aliphatic rings. The molecule has 0 heterocycles. The summed E-state index contributed by atoms with van der Waals surface area (Å²) >= 11 is 0. The Hall–Kier alpha value is -3.07. The van der Waals surface area contributed by atoms with Gasteiger partial charge >= 0.3 is 0 Å². The highest BCUT2D eigenvalue weighted by Crippen LogP contribution is 2.25. The van der Waals surface area contributed by atoms with Crippen LogP contribution in [0.15, 0.2) is 42.5 Å². The maximum Gasteiger partial charge on any atom is 0.244 e. The Morgan fingerprint density at radius 3 is 2.23 bits per heavy atom. The summed E-state index contributed by atoms with van der Waals surface area (Å²) in [4.78, 5) is 28.0. The smallest absolute Gasteiger partial charge is 0.244 e. The minimum absolute atomic E-state index is 0.0506. The summed E-state index contributed by atoms with van der Waals surface area (Å²) in [7, 11) is -2.20. The first-order valence-electron chi connectivity index (χ1n) is 11.6. The molecule has 0 saturated heterocycles. The summed E-state index contributed by atoms with van der Waals surface area (Å²) in [5.74, 6) is -0.0924. The van der Waals surface area contributed by atoms with Gasteiger partial charge in [-0.2, -0.15) is 0 Å². The summed E-state index contributed by atoms with van der Waals surface area (Å²) < 4.78 is 31.8. The van der Waals surface area contributed by atoms with Gasteiger partial charge in [0.05, 0.1) is 19.1 Å². The summed E-state index contributed by atoms with van der Waals surface area (Å²) in [5, 5.41) is 2.92. The molecule has 0 saturated carbocycles. The Morgan fingerprint density at radius 2 is 1.69 bits per heavy atom. The summed E-state index contributed by atoms with van der Waals surface area (Å²) in [6, 6.07) is 11.8. The lowest BCUT2D eigenvalue weighted by molar-refractivity contribution is -0.139. The SMILES string of the molecule is CC[C@@H](C)NC(=O)[C@H](C)N(Cc1ccc(OC)cc1)C(=O)CN(c1cc(C)ccc1C)S(C)(=O)=O. The van der Waals surface area contributed by atoms with Crippen LogP contribution in [0.3, 0.4) is 0 Å². The quantitative estimate of drug-likeness (QED) is 0.507. The summed E-state index contributed by atoms with van der Waals surface area (Å²) in [6.07, 6.45) is 1.83. The van der Waals surface area contributed by atoms with E-state index in [2.05, 4.69) is 5.32 Å². The van der Waals surface area contributed by atoms with E-state index in [1.165, 1.54) is 4.90 Å². The van der Waals surface area contributed by atoms with Crippen LogP contribution < -0.4 is 14.4 Å². The second-order valence-corrected chi connectivity index (χ2v) is 10.8. The molecule has 0 spiro atoms. The second kappa shape index (κ2) is 12.1. The number of hydrogen-bond acceptors (Lipinski definition) is 5. The fourth-order valence-electron chi connectivity index (χ4n) is 3.56. The lowest BCUT2D eigenvalue weighted by atomic mass is 10.1. The van der Waals surface area contributed by atoms with E-state index < -0.39 is 28.5 Å². The van der Waals surface area contributed by atoms with Crippen molar-refractivity contribution in [3.8, 4) is 5.75 Å². The van der Waals surface area contributed by atoms with Crippen molar-refractivity contribution in [3.63, 3.8) is 0 Å². The van der Waals surface area contributed by atoms with Gasteiger partial charge < -0.3 is 15.0 Å². The molecule has 0 bridgehead atoms. The maximum absolute atomic E-state index is 13.6. The molecule has 1 N–H and O–H groups in total. The molecule has 2 atom stereocenters. The first-order valence-corrected chi connectivity index (χ1v) is 13.5. The predicted molar refractivity (Wildman–Crippen MR) is 139 cm³/mol. The summed E-state index contributed by atoms with van der Waals surface area (Å²) in [5.41, 5.74) is 2.85. The Labute approximate surface area is 209 Å². The topological polar surface area (TPSA) is 96.0 Å². The monoisotopic (exact) mass is 503 g/mol. The van der Waals surface area contributed by atoms with Crippen LogP contribution >= 0.6 is 0 Å². The minimum Gasteiger partial charge on any atom is -0.497 e. The van der Waals surface area contributed by atoms with E-state index in [0.29, 0.717) is 11.4 Å². The average molecular weight is 504 g/mol. The number of aryl methyl sites for hydroxylation is 2. The van der Waals surface area contributed by atoms with Gasteiger partial charge in [0.1, 0.15) is 18.3 Å². The minimum atomic E-state index is -3.77. The Kier molecular flexibility index (Phi) is 9.71. The number of rotatable bonds is 11. The van der Waals surface area contributed by atoms with Gasteiger partial charge in [-0.1, -0.05) is 31.2 Å².